The van der Waals surface area contributed by atoms with Crippen molar-refractivity contribution in [2.45, 2.75) is 6.42 Å². The molecule has 1 saturated heterocycles. The van der Waals surface area contributed by atoms with Gasteiger partial charge in [0, 0.05) is 18.5 Å². The van der Waals surface area contributed by atoms with Gasteiger partial charge in [0.2, 0.25) is 5.91 Å². The summed E-state index contributed by atoms with van der Waals surface area (Å²) in [5, 5.41) is 4.68. The van der Waals surface area contributed by atoms with E-state index in [1.165, 1.54) is 18.4 Å². The fraction of sp³-hybridized carbons (Fsp3) is 0.231. The summed E-state index contributed by atoms with van der Waals surface area (Å²) in [5.74, 6) is -2.32. The van der Waals surface area contributed by atoms with Crippen LogP contribution in [-0.2, 0) is 14.4 Å². The Kier molecular flexibility index (Phi) is 3.71. The minimum absolute atomic E-state index is 0.217. The van der Waals surface area contributed by atoms with Crippen LogP contribution in [0.3, 0.4) is 0 Å². The van der Waals surface area contributed by atoms with Gasteiger partial charge < -0.3 is 5.32 Å². The number of hydrogen-bond acceptors (Lipinski definition) is 5. The van der Waals surface area contributed by atoms with Crippen molar-refractivity contribution >= 4 is 56.0 Å². The Hall–Kier alpha value is -2.19. The molecule has 1 aromatic heterocycles. The van der Waals surface area contributed by atoms with Gasteiger partial charge in [-0.3, -0.25) is 24.8 Å². The molecular weight excluding hydrogens is 328 g/mol. The van der Waals surface area contributed by atoms with Crippen LogP contribution in [0, 0.1) is 5.92 Å². The summed E-state index contributed by atoms with van der Waals surface area (Å²) in [6, 6.07) is 5.23. The van der Waals surface area contributed by atoms with Crippen molar-refractivity contribution in [3.63, 3.8) is 0 Å². The zero-order chi connectivity index (χ0) is 15.9. The average Bonchev–Trinajstić information content (AvgIpc) is 2.94. The minimum Gasteiger partial charge on any atom is -0.302 e. The number of aromatic nitrogens is 1. The number of hydrogen-bond donors (Lipinski definition) is 2. The van der Waals surface area contributed by atoms with E-state index >= 15 is 0 Å². The third-order valence-corrected chi connectivity index (χ3v) is 4.38. The number of amides is 3. The van der Waals surface area contributed by atoms with E-state index in [1.54, 1.807) is 18.2 Å². The van der Waals surface area contributed by atoms with E-state index < -0.39 is 23.6 Å². The maximum Gasteiger partial charge on any atom is 0.253 e. The lowest BCUT2D eigenvalue weighted by molar-refractivity contribution is -0.134. The fourth-order valence-corrected chi connectivity index (χ4v) is 3.29. The molecule has 1 unspecified atom stereocenters. The first-order chi connectivity index (χ1) is 10.4. The average molecular weight is 339 g/mol. The lowest BCUT2D eigenvalue weighted by Crippen LogP contribution is -2.31. The van der Waals surface area contributed by atoms with Crippen LogP contribution >= 0.6 is 22.9 Å². The first-order valence-corrected chi connectivity index (χ1v) is 7.57. The molecule has 1 aliphatic rings. The topological polar surface area (TPSA) is 91.4 Å². The van der Waals surface area contributed by atoms with Gasteiger partial charge in [0.1, 0.15) is 5.92 Å². The van der Waals surface area contributed by atoms with E-state index in [2.05, 4.69) is 15.7 Å². The van der Waals surface area contributed by atoms with Gasteiger partial charge in [-0.05, 0) is 18.2 Å². The number of hydrazine groups is 1. The highest BCUT2D eigenvalue weighted by molar-refractivity contribution is 7.22. The second-order valence-corrected chi connectivity index (χ2v) is 6.28. The predicted octanol–water partition coefficient (Wildman–Crippen LogP) is 1.40. The molecule has 9 heteroatoms. The summed E-state index contributed by atoms with van der Waals surface area (Å²) in [6.07, 6.45) is -0.217. The number of anilines is 1. The molecule has 0 aliphatic carbocycles. The molecule has 1 fully saturated rings. The summed E-state index contributed by atoms with van der Waals surface area (Å²) in [5.41, 5.74) is 3.07. The molecule has 1 aromatic carbocycles. The molecule has 2 aromatic rings. The first-order valence-electron chi connectivity index (χ1n) is 6.38. The number of carbonyl (C=O) groups excluding carboxylic acids is 3. The fourth-order valence-electron chi connectivity index (χ4n) is 2.13. The van der Waals surface area contributed by atoms with Crippen LogP contribution in [-0.4, -0.2) is 34.8 Å². The maximum atomic E-state index is 12.0. The van der Waals surface area contributed by atoms with Crippen molar-refractivity contribution in [3.05, 3.63) is 23.2 Å². The Morgan fingerprint density at radius 3 is 2.95 bits per heavy atom. The smallest absolute Gasteiger partial charge is 0.253 e. The molecule has 22 heavy (non-hydrogen) atoms. The van der Waals surface area contributed by atoms with Crippen molar-refractivity contribution in [2.24, 2.45) is 5.92 Å². The van der Waals surface area contributed by atoms with Gasteiger partial charge in [-0.1, -0.05) is 22.9 Å². The summed E-state index contributed by atoms with van der Waals surface area (Å²) < 4.78 is 0.845. The van der Waals surface area contributed by atoms with Gasteiger partial charge in [-0.25, -0.2) is 4.98 Å². The molecule has 0 spiro atoms. The molecular formula is C13H11ClN4O3S. The lowest BCUT2D eigenvalue weighted by Gasteiger charge is -2.06. The first kappa shape index (κ1) is 14.7. The largest absolute Gasteiger partial charge is 0.302 e. The van der Waals surface area contributed by atoms with Gasteiger partial charge in [-0.15, -0.1) is 0 Å². The van der Waals surface area contributed by atoms with Crippen molar-refractivity contribution in [2.75, 3.05) is 12.4 Å². The summed E-state index contributed by atoms with van der Waals surface area (Å²) in [4.78, 5) is 39.5. The lowest BCUT2D eigenvalue weighted by atomic mass is 10.1. The number of thiazole rings is 1. The zero-order valence-corrected chi connectivity index (χ0v) is 13.0. The molecule has 3 amide bonds. The molecule has 3 rings (SSSR count). The summed E-state index contributed by atoms with van der Waals surface area (Å²) in [6.45, 7) is 0. The van der Waals surface area contributed by atoms with E-state index in [9.17, 15) is 14.4 Å². The highest BCUT2D eigenvalue weighted by atomic mass is 35.5. The van der Waals surface area contributed by atoms with E-state index in [0.29, 0.717) is 10.2 Å². The summed E-state index contributed by atoms with van der Waals surface area (Å²) in [7, 11) is 1.44. The second kappa shape index (κ2) is 5.54. The van der Waals surface area contributed by atoms with Crippen molar-refractivity contribution in [1.29, 1.82) is 0 Å². The second-order valence-electron chi connectivity index (χ2n) is 4.81. The maximum absolute atomic E-state index is 12.0. The molecule has 0 radical (unpaired) electrons. The van der Waals surface area contributed by atoms with Crippen LogP contribution in [0.4, 0.5) is 5.13 Å². The minimum atomic E-state index is -0.992. The highest BCUT2D eigenvalue weighted by Gasteiger charge is 2.38. The zero-order valence-electron chi connectivity index (χ0n) is 11.4. The molecule has 0 saturated carbocycles. The van der Waals surface area contributed by atoms with E-state index in [1.807, 2.05) is 0 Å². The van der Waals surface area contributed by atoms with Gasteiger partial charge in [0.15, 0.2) is 5.13 Å². The van der Waals surface area contributed by atoms with Gasteiger partial charge in [0.25, 0.3) is 11.8 Å². The molecule has 1 atom stereocenters. The summed E-state index contributed by atoms with van der Waals surface area (Å²) >= 11 is 7.17. The molecule has 0 bridgehead atoms. The third kappa shape index (κ3) is 2.75. The van der Waals surface area contributed by atoms with Crippen LogP contribution in [0.15, 0.2) is 18.2 Å². The van der Waals surface area contributed by atoms with Gasteiger partial charge in [0.05, 0.1) is 10.2 Å². The monoisotopic (exact) mass is 338 g/mol. The molecule has 2 heterocycles. The van der Waals surface area contributed by atoms with Crippen molar-refractivity contribution in [3.8, 4) is 0 Å². The standard InChI is InChI=1S/C13H11ClN4O3S/c1-18-12(21)7(11(20)17-18)5-10(19)16-13-15-8-3-2-6(14)4-9(8)22-13/h2-4,7H,5H2,1H3,(H,17,20)(H,15,16,19). The number of benzene rings is 1. The normalized spacial score (nSPS) is 17.9. The number of nitrogens with zero attached hydrogens (tertiary/aromatic N) is 2. The number of nitrogens with one attached hydrogen (secondary N) is 2. The van der Waals surface area contributed by atoms with Crippen molar-refractivity contribution < 1.29 is 14.4 Å². The van der Waals surface area contributed by atoms with E-state index in [4.69, 9.17) is 11.6 Å². The quantitative estimate of drug-likeness (QED) is 0.827. The SMILES string of the molecule is CN1NC(=O)C(CC(=O)Nc2nc3ccc(Cl)cc3s2)C1=O. The Balaban J connectivity index is 1.70. The predicted molar refractivity (Wildman–Crippen MR) is 82.3 cm³/mol. The number of halogens is 1. The number of rotatable bonds is 3. The van der Waals surface area contributed by atoms with Gasteiger partial charge in [-0.2, -0.15) is 0 Å². The van der Waals surface area contributed by atoms with E-state index in [-0.39, 0.29) is 6.42 Å². The molecule has 7 nitrogen and oxygen atoms in total. The Morgan fingerprint density at radius 2 is 2.27 bits per heavy atom. The van der Waals surface area contributed by atoms with Crippen LogP contribution in [0.5, 0.6) is 0 Å². The van der Waals surface area contributed by atoms with Crippen LogP contribution in [0.1, 0.15) is 6.42 Å². The highest BCUT2D eigenvalue weighted by Crippen LogP contribution is 2.28. The van der Waals surface area contributed by atoms with Crippen LogP contribution in [0.2, 0.25) is 5.02 Å². The number of carbonyl (C=O) groups is 3. The number of fused-ring (bicyclic) bond motifs is 1. The van der Waals surface area contributed by atoms with Crippen molar-refractivity contribution in [1.82, 2.24) is 15.4 Å². The van der Waals surface area contributed by atoms with Gasteiger partial charge >= 0.3 is 0 Å². The molecule has 2 N–H and O–H groups in total. The molecule has 114 valence electrons. The Bertz CT molecular complexity index is 791. The van der Waals surface area contributed by atoms with Crippen LogP contribution in [0.25, 0.3) is 10.2 Å². The van der Waals surface area contributed by atoms with E-state index in [0.717, 1.165) is 15.2 Å². The Labute approximate surface area is 134 Å². The van der Waals surface area contributed by atoms with Crippen LogP contribution < -0.4 is 10.7 Å². The third-order valence-electron chi connectivity index (χ3n) is 3.21. The Morgan fingerprint density at radius 1 is 1.50 bits per heavy atom. The molecule has 1 aliphatic heterocycles.